The van der Waals surface area contributed by atoms with Gasteiger partial charge in [-0.3, -0.25) is 0 Å². The molecular weight excluding hydrogens is 260 g/mol. The van der Waals surface area contributed by atoms with Gasteiger partial charge in [-0.1, -0.05) is 19.9 Å². The zero-order valence-electron chi connectivity index (χ0n) is 12.1. The van der Waals surface area contributed by atoms with Crippen molar-refractivity contribution in [3.63, 3.8) is 0 Å². The maximum Gasteiger partial charge on any atom is 0.131 e. The molecule has 1 aliphatic rings. The van der Waals surface area contributed by atoms with Gasteiger partial charge in [0.2, 0.25) is 0 Å². The Bertz CT molecular complexity index is 422. The number of hydrogen-bond acceptors (Lipinski definition) is 2. The Labute approximate surface area is 119 Å². The van der Waals surface area contributed by atoms with E-state index in [9.17, 15) is 13.9 Å². The van der Waals surface area contributed by atoms with E-state index >= 15 is 0 Å². The highest BCUT2D eigenvalue weighted by molar-refractivity contribution is 5.22. The lowest BCUT2D eigenvalue weighted by atomic mass is 9.80. The molecule has 0 amide bonds. The standard InChI is InChI=1S/C16H23F2NO/c1-10-6-11(2)8-12(7-10)19-9-15(20)16-13(17)4-3-5-14(16)18/h3-5,10-12,15,19-20H,6-9H2,1-2H3. The fourth-order valence-corrected chi connectivity index (χ4v) is 3.32. The van der Waals surface area contributed by atoms with Gasteiger partial charge in [0.15, 0.2) is 0 Å². The number of aliphatic hydroxyl groups excluding tert-OH is 1. The molecule has 1 fully saturated rings. The van der Waals surface area contributed by atoms with Crippen LogP contribution in [0.3, 0.4) is 0 Å². The third kappa shape index (κ3) is 3.76. The topological polar surface area (TPSA) is 32.3 Å². The Balaban J connectivity index is 1.93. The van der Waals surface area contributed by atoms with Crippen LogP contribution in [-0.2, 0) is 0 Å². The highest BCUT2D eigenvalue weighted by Crippen LogP contribution is 2.29. The molecule has 0 aromatic heterocycles. The van der Waals surface area contributed by atoms with Crippen molar-refractivity contribution >= 4 is 0 Å². The van der Waals surface area contributed by atoms with Crippen LogP contribution in [0.2, 0.25) is 0 Å². The van der Waals surface area contributed by atoms with Crippen molar-refractivity contribution in [3.05, 3.63) is 35.4 Å². The van der Waals surface area contributed by atoms with Crippen LogP contribution in [0.1, 0.15) is 44.8 Å². The minimum absolute atomic E-state index is 0.183. The molecule has 2 nitrogen and oxygen atoms in total. The van der Waals surface area contributed by atoms with Gasteiger partial charge in [-0.05, 0) is 43.2 Å². The Morgan fingerprint density at radius 1 is 1.15 bits per heavy atom. The average molecular weight is 283 g/mol. The van der Waals surface area contributed by atoms with Gasteiger partial charge >= 0.3 is 0 Å². The highest BCUT2D eigenvalue weighted by Gasteiger charge is 2.25. The summed E-state index contributed by atoms with van der Waals surface area (Å²) in [7, 11) is 0. The number of benzene rings is 1. The first kappa shape index (κ1) is 15.4. The highest BCUT2D eigenvalue weighted by atomic mass is 19.1. The van der Waals surface area contributed by atoms with Gasteiger partial charge in [-0.15, -0.1) is 0 Å². The molecule has 1 aliphatic carbocycles. The van der Waals surface area contributed by atoms with Crippen LogP contribution in [0, 0.1) is 23.5 Å². The second-order valence-corrected chi connectivity index (χ2v) is 6.17. The summed E-state index contributed by atoms with van der Waals surface area (Å²) >= 11 is 0. The summed E-state index contributed by atoms with van der Waals surface area (Å²) in [5.41, 5.74) is -0.239. The van der Waals surface area contributed by atoms with Crippen LogP contribution >= 0.6 is 0 Å². The lowest BCUT2D eigenvalue weighted by Crippen LogP contribution is -2.38. The summed E-state index contributed by atoms with van der Waals surface area (Å²) in [5.74, 6) is -0.0773. The van der Waals surface area contributed by atoms with Gasteiger partial charge in [0, 0.05) is 12.6 Å². The van der Waals surface area contributed by atoms with E-state index in [0.29, 0.717) is 17.9 Å². The van der Waals surface area contributed by atoms with Gasteiger partial charge in [-0.25, -0.2) is 8.78 Å². The maximum absolute atomic E-state index is 13.6. The maximum atomic E-state index is 13.6. The fraction of sp³-hybridized carbons (Fsp3) is 0.625. The molecule has 0 bridgehead atoms. The van der Waals surface area contributed by atoms with Crippen LogP contribution in [0.15, 0.2) is 18.2 Å². The van der Waals surface area contributed by atoms with E-state index in [1.54, 1.807) is 0 Å². The lowest BCUT2D eigenvalue weighted by molar-refractivity contribution is 0.147. The number of nitrogens with one attached hydrogen (secondary N) is 1. The van der Waals surface area contributed by atoms with Gasteiger partial charge in [0.1, 0.15) is 11.6 Å². The van der Waals surface area contributed by atoms with Crippen LogP contribution < -0.4 is 5.32 Å². The minimum atomic E-state index is -1.15. The van der Waals surface area contributed by atoms with Crippen molar-refractivity contribution in [2.45, 2.75) is 45.3 Å². The number of halogens is 2. The molecule has 0 radical (unpaired) electrons. The van der Waals surface area contributed by atoms with Gasteiger partial charge < -0.3 is 10.4 Å². The molecule has 0 saturated heterocycles. The number of rotatable bonds is 4. The van der Waals surface area contributed by atoms with Gasteiger partial charge in [0.25, 0.3) is 0 Å². The molecule has 2 N–H and O–H groups in total. The summed E-state index contributed by atoms with van der Waals surface area (Å²) in [5, 5.41) is 13.3. The summed E-state index contributed by atoms with van der Waals surface area (Å²) in [4.78, 5) is 0. The smallest absolute Gasteiger partial charge is 0.131 e. The molecule has 0 aliphatic heterocycles. The molecule has 1 aromatic rings. The molecular formula is C16H23F2NO. The molecule has 3 atom stereocenters. The first-order valence-electron chi connectivity index (χ1n) is 7.32. The molecule has 0 spiro atoms. The second-order valence-electron chi connectivity index (χ2n) is 6.17. The van der Waals surface area contributed by atoms with E-state index in [-0.39, 0.29) is 12.1 Å². The summed E-state index contributed by atoms with van der Waals surface area (Å²) < 4.78 is 27.1. The van der Waals surface area contributed by atoms with Crippen LogP contribution in [0.25, 0.3) is 0 Å². The van der Waals surface area contributed by atoms with E-state index in [1.807, 2.05) is 0 Å². The van der Waals surface area contributed by atoms with E-state index in [0.717, 1.165) is 12.8 Å². The predicted octanol–water partition coefficient (Wildman–Crippen LogP) is 3.41. The second kappa shape index (κ2) is 6.64. The molecule has 20 heavy (non-hydrogen) atoms. The fourth-order valence-electron chi connectivity index (χ4n) is 3.32. The van der Waals surface area contributed by atoms with E-state index in [1.165, 1.54) is 24.6 Å². The Morgan fingerprint density at radius 2 is 1.70 bits per heavy atom. The third-order valence-electron chi connectivity index (χ3n) is 4.11. The molecule has 0 heterocycles. The van der Waals surface area contributed by atoms with Crippen molar-refractivity contribution in [2.75, 3.05) is 6.54 Å². The third-order valence-corrected chi connectivity index (χ3v) is 4.11. The van der Waals surface area contributed by atoms with Crippen molar-refractivity contribution < 1.29 is 13.9 Å². The quantitative estimate of drug-likeness (QED) is 0.887. The summed E-state index contributed by atoms with van der Waals surface area (Å²) in [6.45, 7) is 4.62. The average Bonchev–Trinajstić information content (AvgIpc) is 2.35. The minimum Gasteiger partial charge on any atom is -0.387 e. The Hall–Kier alpha value is -1.00. The zero-order chi connectivity index (χ0) is 14.7. The van der Waals surface area contributed by atoms with Crippen molar-refractivity contribution in [2.24, 2.45) is 11.8 Å². The molecule has 112 valence electrons. The molecule has 2 rings (SSSR count). The largest absolute Gasteiger partial charge is 0.387 e. The summed E-state index contributed by atoms with van der Waals surface area (Å²) in [6, 6.07) is 3.97. The van der Waals surface area contributed by atoms with Crippen LogP contribution in [-0.4, -0.2) is 17.7 Å². The normalized spacial score (nSPS) is 28.4. The predicted molar refractivity (Wildman–Crippen MR) is 75.3 cm³/mol. The van der Waals surface area contributed by atoms with E-state index in [4.69, 9.17) is 0 Å². The van der Waals surface area contributed by atoms with Crippen LogP contribution in [0.4, 0.5) is 8.78 Å². The molecule has 4 heteroatoms. The Kier molecular flexibility index (Phi) is 5.11. The number of hydrogen-bond donors (Lipinski definition) is 2. The molecule has 1 saturated carbocycles. The monoisotopic (exact) mass is 283 g/mol. The van der Waals surface area contributed by atoms with E-state index < -0.39 is 17.7 Å². The van der Waals surface area contributed by atoms with Crippen LogP contribution in [0.5, 0.6) is 0 Å². The SMILES string of the molecule is CC1CC(C)CC(NCC(O)c2c(F)cccc2F)C1. The Morgan fingerprint density at radius 3 is 2.25 bits per heavy atom. The van der Waals surface area contributed by atoms with Crippen molar-refractivity contribution in [1.29, 1.82) is 0 Å². The van der Waals surface area contributed by atoms with Crippen molar-refractivity contribution in [3.8, 4) is 0 Å². The first-order valence-corrected chi connectivity index (χ1v) is 7.32. The lowest BCUT2D eigenvalue weighted by Gasteiger charge is -2.32. The van der Waals surface area contributed by atoms with Gasteiger partial charge in [0.05, 0.1) is 11.7 Å². The zero-order valence-corrected chi connectivity index (χ0v) is 12.1. The summed E-state index contributed by atoms with van der Waals surface area (Å²) in [6.07, 6.45) is 2.18. The molecule has 3 unspecified atom stereocenters. The molecule has 1 aromatic carbocycles. The van der Waals surface area contributed by atoms with Crippen molar-refractivity contribution in [1.82, 2.24) is 5.32 Å². The number of aliphatic hydroxyl groups is 1. The van der Waals surface area contributed by atoms with E-state index in [2.05, 4.69) is 19.2 Å². The van der Waals surface area contributed by atoms with Gasteiger partial charge in [-0.2, -0.15) is 0 Å². The first-order chi connectivity index (χ1) is 9.47.